The summed E-state index contributed by atoms with van der Waals surface area (Å²) in [5.41, 5.74) is 4.80. The van der Waals surface area contributed by atoms with E-state index in [0.29, 0.717) is 21.8 Å². The van der Waals surface area contributed by atoms with Crippen molar-refractivity contribution in [2.24, 2.45) is 5.10 Å². The highest BCUT2D eigenvalue weighted by molar-refractivity contribution is 7.99. The fourth-order valence-electron chi connectivity index (χ4n) is 4.42. The minimum absolute atomic E-state index is 0.00935. The van der Waals surface area contributed by atoms with Crippen molar-refractivity contribution in [2.75, 3.05) is 20.0 Å². The Morgan fingerprint density at radius 2 is 1.89 bits per heavy atom. The minimum atomic E-state index is -0.358. The van der Waals surface area contributed by atoms with Crippen LogP contribution < -0.4 is 20.5 Å². The number of ether oxygens (including phenoxy) is 2. The van der Waals surface area contributed by atoms with Crippen LogP contribution in [0, 0.1) is 0 Å². The van der Waals surface area contributed by atoms with Crippen LogP contribution in [-0.4, -0.2) is 46.8 Å². The van der Waals surface area contributed by atoms with Crippen molar-refractivity contribution in [3.05, 3.63) is 68.8 Å². The van der Waals surface area contributed by atoms with Gasteiger partial charge in [0.15, 0.2) is 16.7 Å². The predicted octanol–water partition coefficient (Wildman–Crippen LogP) is 4.29. The second-order valence-corrected chi connectivity index (χ2v) is 10.6. The van der Waals surface area contributed by atoms with E-state index in [1.54, 1.807) is 28.0 Å². The average molecular weight is 551 g/mol. The molecule has 2 aromatic carbocycles. The standard InChI is InChI=1S/C27H26N4O5S2/c1-35-19-12-16(13-20(36-2)24(19)33)14-28-30-22(32)15-37-27-29-25-23(18-10-6-7-11-21(18)38-25)26(34)31(27)17-8-4-3-5-9-17/h3-5,8-9,12-14,33H,6-7,10-11,15H2,1-2H3,(H,30,32)/b28-14+. The molecule has 0 bridgehead atoms. The highest BCUT2D eigenvalue weighted by atomic mass is 32.2. The van der Waals surface area contributed by atoms with Gasteiger partial charge in [0.2, 0.25) is 5.75 Å². The predicted molar refractivity (Wildman–Crippen MR) is 150 cm³/mol. The van der Waals surface area contributed by atoms with Crippen LogP contribution in [0.4, 0.5) is 0 Å². The molecule has 0 aliphatic heterocycles. The van der Waals surface area contributed by atoms with Crippen LogP contribution in [0.3, 0.4) is 0 Å². The highest BCUT2D eigenvalue weighted by Crippen LogP contribution is 2.37. The summed E-state index contributed by atoms with van der Waals surface area (Å²) < 4.78 is 11.9. The van der Waals surface area contributed by atoms with E-state index >= 15 is 0 Å². The van der Waals surface area contributed by atoms with Crippen molar-refractivity contribution in [1.29, 1.82) is 0 Å². The van der Waals surface area contributed by atoms with Crippen molar-refractivity contribution in [3.8, 4) is 22.9 Å². The molecule has 0 unspecified atom stereocenters. The number of phenolic OH excluding ortho intramolecular Hbond substituents is 1. The summed E-state index contributed by atoms with van der Waals surface area (Å²) in [5.74, 6) is -0.0156. The van der Waals surface area contributed by atoms with Gasteiger partial charge in [0.05, 0.1) is 37.3 Å². The van der Waals surface area contributed by atoms with Gasteiger partial charge in [-0.05, 0) is 55.5 Å². The van der Waals surface area contributed by atoms with E-state index in [1.807, 2.05) is 30.3 Å². The molecule has 9 nitrogen and oxygen atoms in total. The summed E-state index contributed by atoms with van der Waals surface area (Å²) in [5, 5.41) is 15.2. The molecule has 2 N–H and O–H groups in total. The number of aromatic nitrogens is 2. The largest absolute Gasteiger partial charge is 0.502 e. The van der Waals surface area contributed by atoms with Crippen LogP contribution in [0.5, 0.6) is 17.2 Å². The lowest BCUT2D eigenvalue weighted by atomic mass is 9.97. The molecule has 11 heteroatoms. The maximum Gasteiger partial charge on any atom is 0.267 e. The molecule has 0 spiro atoms. The number of hydrogen-bond donors (Lipinski definition) is 2. The molecule has 196 valence electrons. The van der Waals surface area contributed by atoms with E-state index in [9.17, 15) is 14.7 Å². The van der Waals surface area contributed by atoms with E-state index in [0.717, 1.165) is 36.1 Å². The Kier molecular flexibility index (Phi) is 7.66. The zero-order valence-corrected chi connectivity index (χ0v) is 22.5. The van der Waals surface area contributed by atoms with Gasteiger partial charge in [0, 0.05) is 10.4 Å². The fourth-order valence-corrected chi connectivity index (χ4v) is 6.52. The van der Waals surface area contributed by atoms with Crippen molar-refractivity contribution in [1.82, 2.24) is 15.0 Å². The Morgan fingerprint density at radius 1 is 1.18 bits per heavy atom. The number of thiophene rings is 1. The molecule has 1 aliphatic rings. The van der Waals surface area contributed by atoms with Gasteiger partial charge < -0.3 is 14.6 Å². The molecule has 0 atom stereocenters. The fraction of sp³-hybridized carbons (Fsp3) is 0.259. The molecule has 0 radical (unpaired) electrons. The number of carbonyl (C=O) groups is 1. The van der Waals surface area contributed by atoms with E-state index in [1.165, 1.54) is 37.1 Å². The van der Waals surface area contributed by atoms with Crippen LogP contribution in [0.2, 0.25) is 0 Å². The summed E-state index contributed by atoms with van der Waals surface area (Å²) in [6.07, 6.45) is 5.49. The molecule has 5 rings (SSSR count). The first-order chi connectivity index (χ1) is 18.5. The van der Waals surface area contributed by atoms with Crippen molar-refractivity contribution >= 4 is 45.4 Å². The van der Waals surface area contributed by atoms with E-state index < -0.39 is 0 Å². The number of hydrazone groups is 1. The van der Waals surface area contributed by atoms with Crippen molar-refractivity contribution in [3.63, 3.8) is 0 Å². The van der Waals surface area contributed by atoms with E-state index in [4.69, 9.17) is 14.5 Å². The van der Waals surface area contributed by atoms with Crippen molar-refractivity contribution < 1.29 is 19.4 Å². The number of amides is 1. The second kappa shape index (κ2) is 11.3. The van der Waals surface area contributed by atoms with Gasteiger partial charge in [0.1, 0.15) is 4.83 Å². The summed E-state index contributed by atoms with van der Waals surface area (Å²) in [6, 6.07) is 12.5. The van der Waals surface area contributed by atoms with Gasteiger partial charge in [0.25, 0.3) is 11.5 Å². The number of rotatable bonds is 8. The normalized spacial score (nSPS) is 13.0. The highest BCUT2D eigenvalue weighted by Gasteiger charge is 2.23. The first-order valence-electron chi connectivity index (χ1n) is 12.0. The Hall–Kier alpha value is -3.83. The zero-order chi connectivity index (χ0) is 26.6. The number of para-hydroxylation sites is 1. The van der Waals surface area contributed by atoms with Gasteiger partial charge in [-0.15, -0.1) is 11.3 Å². The van der Waals surface area contributed by atoms with Crippen LogP contribution in [0.25, 0.3) is 15.9 Å². The first kappa shape index (κ1) is 25.8. The number of nitrogens with one attached hydrogen (secondary N) is 1. The Balaban J connectivity index is 1.38. The van der Waals surface area contributed by atoms with Crippen molar-refractivity contribution in [2.45, 2.75) is 30.8 Å². The monoisotopic (exact) mass is 550 g/mol. The number of nitrogens with zero attached hydrogens (tertiary/aromatic N) is 3. The molecule has 0 saturated heterocycles. The van der Waals surface area contributed by atoms with Crippen LogP contribution in [0.15, 0.2) is 57.5 Å². The smallest absolute Gasteiger partial charge is 0.267 e. The molecule has 0 fully saturated rings. The Morgan fingerprint density at radius 3 is 2.61 bits per heavy atom. The van der Waals surface area contributed by atoms with Crippen LogP contribution in [-0.2, 0) is 17.6 Å². The molecule has 2 aromatic heterocycles. The molecule has 0 saturated carbocycles. The Labute approximate surface area is 227 Å². The maximum absolute atomic E-state index is 13.7. The molecule has 1 amide bonds. The number of methoxy groups -OCH3 is 2. The van der Waals surface area contributed by atoms with Gasteiger partial charge in [-0.2, -0.15) is 5.10 Å². The lowest BCUT2D eigenvalue weighted by Gasteiger charge is -2.13. The number of fused-ring (bicyclic) bond motifs is 3. The number of aryl methyl sites for hydroxylation is 2. The molecule has 38 heavy (non-hydrogen) atoms. The third kappa shape index (κ3) is 5.11. The lowest BCUT2D eigenvalue weighted by molar-refractivity contribution is -0.118. The van der Waals surface area contributed by atoms with Crippen LogP contribution >= 0.6 is 23.1 Å². The number of carbonyl (C=O) groups excluding carboxylic acids is 1. The summed E-state index contributed by atoms with van der Waals surface area (Å²) in [7, 11) is 2.86. The maximum atomic E-state index is 13.7. The summed E-state index contributed by atoms with van der Waals surface area (Å²) >= 11 is 2.77. The number of thioether (sulfide) groups is 1. The Bertz CT molecular complexity index is 1560. The average Bonchev–Trinajstić information content (AvgIpc) is 3.32. The van der Waals surface area contributed by atoms with E-state index in [-0.39, 0.29) is 34.5 Å². The molecule has 1 aliphatic carbocycles. The third-order valence-corrected chi connectivity index (χ3v) is 8.33. The van der Waals surface area contributed by atoms with E-state index in [2.05, 4.69) is 10.5 Å². The zero-order valence-electron chi connectivity index (χ0n) is 20.9. The lowest BCUT2D eigenvalue weighted by Crippen LogP contribution is -2.24. The molecular weight excluding hydrogens is 524 g/mol. The topological polar surface area (TPSA) is 115 Å². The summed E-state index contributed by atoms with van der Waals surface area (Å²) in [6.45, 7) is 0. The molecular formula is C27H26N4O5S2. The minimum Gasteiger partial charge on any atom is -0.502 e. The summed E-state index contributed by atoms with van der Waals surface area (Å²) in [4.78, 5) is 33.2. The van der Waals surface area contributed by atoms with Gasteiger partial charge in [-0.25, -0.2) is 10.4 Å². The number of phenols is 1. The van der Waals surface area contributed by atoms with Gasteiger partial charge in [-0.3, -0.25) is 14.2 Å². The SMILES string of the molecule is COc1cc(/C=N/NC(=O)CSc2nc3sc4c(c3c(=O)n2-c2ccccc2)CCCC4)cc(OC)c1O. The third-order valence-electron chi connectivity index (χ3n) is 6.21. The van der Waals surface area contributed by atoms with Crippen LogP contribution in [0.1, 0.15) is 28.8 Å². The first-order valence-corrected chi connectivity index (χ1v) is 13.8. The number of hydrogen-bond acceptors (Lipinski definition) is 9. The number of benzene rings is 2. The number of aromatic hydroxyl groups is 1. The molecule has 2 heterocycles. The van der Waals surface area contributed by atoms with Gasteiger partial charge in [-0.1, -0.05) is 30.0 Å². The quantitative estimate of drug-likeness (QED) is 0.146. The second-order valence-electron chi connectivity index (χ2n) is 8.62. The molecule has 4 aromatic rings. The van der Waals surface area contributed by atoms with Gasteiger partial charge >= 0.3 is 0 Å².